The van der Waals surface area contributed by atoms with Gasteiger partial charge < -0.3 is 14.2 Å². The van der Waals surface area contributed by atoms with Crippen molar-refractivity contribution in [3.63, 3.8) is 0 Å². The Hall–Kier alpha value is -2.76. The van der Waals surface area contributed by atoms with E-state index >= 15 is 0 Å². The number of nitrogens with zero attached hydrogens (tertiary/aromatic N) is 1. The molecule has 5 nitrogen and oxygen atoms in total. The van der Waals surface area contributed by atoms with Crippen LogP contribution in [0.3, 0.4) is 0 Å². The molecule has 0 saturated heterocycles. The largest absolute Gasteiger partial charge is 0.497 e. The molecule has 28 heavy (non-hydrogen) atoms. The fourth-order valence-electron chi connectivity index (χ4n) is 2.65. The quantitative estimate of drug-likeness (QED) is 0.312. The number of hydrogen-bond acceptors (Lipinski definition) is 5. The SMILES string of the molecule is COc1ccc(OC)c(C=CC(=O)Oc2c(Cl)cc(Cl)c3ccc(C)nc23)c1. The first kappa shape index (κ1) is 20.0. The Kier molecular flexibility index (Phi) is 6.07. The molecule has 0 radical (unpaired) electrons. The number of fused-ring (bicyclic) bond motifs is 1. The molecular formula is C21H17Cl2NO4. The summed E-state index contributed by atoms with van der Waals surface area (Å²) >= 11 is 12.5. The maximum absolute atomic E-state index is 12.4. The van der Waals surface area contributed by atoms with Gasteiger partial charge in [-0.2, -0.15) is 0 Å². The van der Waals surface area contributed by atoms with Crippen LogP contribution in [0.4, 0.5) is 0 Å². The van der Waals surface area contributed by atoms with Crippen molar-refractivity contribution >= 4 is 46.2 Å². The molecule has 1 aromatic heterocycles. The Morgan fingerprint density at radius 2 is 1.82 bits per heavy atom. The van der Waals surface area contributed by atoms with Gasteiger partial charge in [0, 0.05) is 22.7 Å². The van der Waals surface area contributed by atoms with Gasteiger partial charge in [0.05, 0.1) is 24.3 Å². The van der Waals surface area contributed by atoms with Crippen LogP contribution in [-0.2, 0) is 4.79 Å². The van der Waals surface area contributed by atoms with Gasteiger partial charge in [-0.3, -0.25) is 0 Å². The molecule has 144 valence electrons. The maximum Gasteiger partial charge on any atom is 0.336 e. The van der Waals surface area contributed by atoms with Crippen LogP contribution in [0.1, 0.15) is 11.3 Å². The molecule has 3 rings (SSSR count). The number of methoxy groups -OCH3 is 2. The van der Waals surface area contributed by atoms with E-state index in [2.05, 4.69) is 4.98 Å². The van der Waals surface area contributed by atoms with Gasteiger partial charge in [0.2, 0.25) is 0 Å². The van der Waals surface area contributed by atoms with Gasteiger partial charge in [-0.15, -0.1) is 0 Å². The Labute approximate surface area is 172 Å². The molecule has 0 saturated carbocycles. The van der Waals surface area contributed by atoms with Gasteiger partial charge in [-0.25, -0.2) is 9.78 Å². The molecule has 0 fully saturated rings. The Morgan fingerprint density at radius 3 is 2.54 bits per heavy atom. The lowest BCUT2D eigenvalue weighted by atomic mass is 10.1. The molecule has 0 aliphatic carbocycles. The van der Waals surface area contributed by atoms with E-state index in [1.165, 1.54) is 12.1 Å². The summed E-state index contributed by atoms with van der Waals surface area (Å²) in [5, 5.41) is 1.29. The Bertz CT molecular complexity index is 1080. The molecule has 0 spiro atoms. The molecule has 3 aromatic rings. The van der Waals surface area contributed by atoms with Crippen LogP contribution >= 0.6 is 23.2 Å². The van der Waals surface area contributed by atoms with Gasteiger partial charge >= 0.3 is 5.97 Å². The van der Waals surface area contributed by atoms with E-state index in [1.54, 1.807) is 38.5 Å². The van der Waals surface area contributed by atoms with Gasteiger partial charge in [0.25, 0.3) is 0 Å². The van der Waals surface area contributed by atoms with Crippen molar-refractivity contribution < 1.29 is 19.0 Å². The number of ether oxygens (including phenoxy) is 3. The molecule has 0 unspecified atom stereocenters. The van der Waals surface area contributed by atoms with Crippen LogP contribution < -0.4 is 14.2 Å². The normalized spacial score (nSPS) is 11.0. The number of rotatable bonds is 5. The second-order valence-corrected chi connectivity index (χ2v) is 6.69. The number of pyridine rings is 1. The molecule has 0 aliphatic heterocycles. The molecule has 2 aromatic carbocycles. The van der Waals surface area contributed by atoms with Crippen LogP contribution in [0.5, 0.6) is 17.2 Å². The van der Waals surface area contributed by atoms with Gasteiger partial charge in [0.1, 0.15) is 17.0 Å². The molecule has 0 atom stereocenters. The fourth-order valence-corrected chi connectivity index (χ4v) is 3.20. The topological polar surface area (TPSA) is 57.7 Å². The molecule has 0 aliphatic rings. The zero-order valence-corrected chi connectivity index (χ0v) is 17.0. The van der Waals surface area contributed by atoms with E-state index in [0.717, 1.165) is 5.69 Å². The second kappa shape index (κ2) is 8.50. The van der Waals surface area contributed by atoms with Crippen molar-refractivity contribution in [2.24, 2.45) is 0 Å². The van der Waals surface area contributed by atoms with Crippen LogP contribution in [0.25, 0.3) is 17.0 Å². The van der Waals surface area contributed by atoms with Gasteiger partial charge in [0.15, 0.2) is 5.75 Å². The van der Waals surface area contributed by atoms with Crippen LogP contribution in [0.15, 0.2) is 42.5 Å². The van der Waals surface area contributed by atoms with Gasteiger partial charge in [-0.05, 0) is 49.4 Å². The second-order valence-electron chi connectivity index (χ2n) is 5.88. The zero-order chi connectivity index (χ0) is 20.3. The third kappa shape index (κ3) is 4.21. The molecular weight excluding hydrogens is 401 g/mol. The van der Waals surface area contributed by atoms with E-state index in [-0.39, 0.29) is 10.8 Å². The first-order chi connectivity index (χ1) is 13.4. The minimum absolute atomic E-state index is 0.164. The summed E-state index contributed by atoms with van der Waals surface area (Å²) in [6, 6.07) is 10.4. The molecule has 1 heterocycles. The van der Waals surface area contributed by atoms with E-state index in [4.69, 9.17) is 37.4 Å². The lowest BCUT2D eigenvalue weighted by molar-refractivity contribution is -0.128. The first-order valence-electron chi connectivity index (χ1n) is 8.30. The summed E-state index contributed by atoms with van der Waals surface area (Å²) in [5.41, 5.74) is 1.85. The van der Waals surface area contributed by atoms with Crippen molar-refractivity contribution in [3.05, 3.63) is 63.8 Å². The lowest BCUT2D eigenvalue weighted by Crippen LogP contribution is -2.05. The van der Waals surface area contributed by atoms with E-state index in [0.29, 0.717) is 33.0 Å². The van der Waals surface area contributed by atoms with Crippen molar-refractivity contribution in [2.45, 2.75) is 6.92 Å². The van der Waals surface area contributed by atoms with Crippen LogP contribution in [-0.4, -0.2) is 25.2 Å². The monoisotopic (exact) mass is 417 g/mol. The number of esters is 1. The van der Waals surface area contributed by atoms with Gasteiger partial charge in [-0.1, -0.05) is 23.2 Å². The predicted octanol–water partition coefficient (Wildman–Crippen LogP) is 5.49. The number of aromatic nitrogens is 1. The number of hydrogen-bond donors (Lipinski definition) is 0. The minimum Gasteiger partial charge on any atom is -0.497 e. The van der Waals surface area contributed by atoms with Crippen molar-refractivity contribution in [1.82, 2.24) is 4.98 Å². The van der Waals surface area contributed by atoms with Crippen LogP contribution in [0.2, 0.25) is 10.0 Å². The number of halogens is 2. The average Bonchev–Trinajstić information content (AvgIpc) is 2.69. The smallest absolute Gasteiger partial charge is 0.336 e. The number of carbonyl (C=O) groups is 1. The standard InChI is InChI=1S/C21H17Cl2NO4/c1-12-4-7-15-16(22)11-17(23)21(20(15)24-12)28-19(25)9-5-13-10-14(26-2)6-8-18(13)27-3/h4-11H,1-3H3. The van der Waals surface area contributed by atoms with Crippen molar-refractivity contribution in [2.75, 3.05) is 14.2 Å². The third-order valence-corrected chi connectivity index (χ3v) is 4.61. The average molecular weight is 418 g/mol. The van der Waals surface area contributed by atoms with Crippen molar-refractivity contribution in [1.29, 1.82) is 0 Å². The van der Waals surface area contributed by atoms with Crippen molar-refractivity contribution in [3.8, 4) is 17.2 Å². The summed E-state index contributed by atoms with van der Waals surface area (Å²) < 4.78 is 16.0. The summed E-state index contributed by atoms with van der Waals surface area (Å²) in [6.45, 7) is 1.83. The van der Waals surface area contributed by atoms with E-state index in [1.807, 2.05) is 19.1 Å². The molecule has 0 bridgehead atoms. The number of benzene rings is 2. The molecule has 7 heteroatoms. The fraction of sp³-hybridized carbons (Fsp3) is 0.143. The Morgan fingerprint density at radius 1 is 1.04 bits per heavy atom. The highest BCUT2D eigenvalue weighted by molar-refractivity contribution is 6.39. The highest BCUT2D eigenvalue weighted by Crippen LogP contribution is 2.37. The number of carbonyl (C=O) groups excluding carboxylic acids is 1. The lowest BCUT2D eigenvalue weighted by Gasteiger charge is -2.10. The summed E-state index contributed by atoms with van der Waals surface area (Å²) in [7, 11) is 3.11. The third-order valence-electron chi connectivity index (χ3n) is 4.02. The molecule has 0 amide bonds. The predicted molar refractivity (Wildman–Crippen MR) is 111 cm³/mol. The highest BCUT2D eigenvalue weighted by atomic mass is 35.5. The van der Waals surface area contributed by atoms with E-state index < -0.39 is 5.97 Å². The minimum atomic E-state index is -0.612. The summed E-state index contributed by atoms with van der Waals surface area (Å²) in [4.78, 5) is 16.8. The molecule has 0 N–H and O–H groups in total. The number of aryl methyl sites for hydroxylation is 1. The summed E-state index contributed by atoms with van der Waals surface area (Å²) in [6.07, 6.45) is 2.86. The summed E-state index contributed by atoms with van der Waals surface area (Å²) in [5.74, 6) is 0.785. The maximum atomic E-state index is 12.4. The first-order valence-corrected chi connectivity index (χ1v) is 9.05. The van der Waals surface area contributed by atoms with E-state index in [9.17, 15) is 4.79 Å². The Balaban J connectivity index is 1.92. The highest BCUT2D eigenvalue weighted by Gasteiger charge is 2.15. The zero-order valence-electron chi connectivity index (χ0n) is 15.5. The van der Waals surface area contributed by atoms with Crippen LogP contribution in [0, 0.1) is 6.92 Å².